The van der Waals surface area contributed by atoms with E-state index in [1.807, 2.05) is 24.3 Å². The zero-order valence-electron chi connectivity index (χ0n) is 12.6. The molecule has 0 fully saturated rings. The Labute approximate surface area is 135 Å². The minimum Gasteiger partial charge on any atom is -0.486 e. The Morgan fingerprint density at radius 1 is 1.29 bits per heavy atom. The number of rotatable bonds is 5. The van der Waals surface area contributed by atoms with Gasteiger partial charge in [-0.3, -0.25) is 0 Å². The molecule has 0 unspecified atom stereocenters. The van der Waals surface area contributed by atoms with Crippen molar-refractivity contribution >= 4 is 28.5 Å². The normalized spacial score (nSPS) is 11.4. The van der Waals surface area contributed by atoms with Crippen LogP contribution in [0.15, 0.2) is 29.6 Å². The summed E-state index contributed by atoms with van der Waals surface area (Å²) in [4.78, 5) is 5.11. The van der Waals surface area contributed by atoms with Gasteiger partial charge in [-0.2, -0.15) is 0 Å². The Kier molecular flexibility index (Phi) is 4.96. The number of benzene rings is 1. The van der Waals surface area contributed by atoms with E-state index in [1.54, 1.807) is 11.3 Å². The molecule has 0 bridgehead atoms. The van der Waals surface area contributed by atoms with Crippen LogP contribution in [0.4, 0.5) is 0 Å². The number of nitrogens with two attached hydrogens (primary N) is 1. The van der Waals surface area contributed by atoms with Crippen molar-refractivity contribution in [2.45, 2.75) is 39.2 Å². The van der Waals surface area contributed by atoms with Gasteiger partial charge in [-0.1, -0.05) is 45.1 Å². The molecule has 0 atom stereocenters. The Hall–Kier alpha value is -1.46. The lowest BCUT2D eigenvalue weighted by molar-refractivity contribution is 0.305. The predicted octanol–water partition coefficient (Wildman–Crippen LogP) is 3.85. The van der Waals surface area contributed by atoms with Crippen molar-refractivity contribution < 1.29 is 4.74 Å². The van der Waals surface area contributed by atoms with Crippen LogP contribution in [0, 0.1) is 0 Å². The van der Waals surface area contributed by atoms with Crippen LogP contribution in [-0.4, -0.2) is 9.97 Å². The second-order valence-corrected chi connectivity index (χ2v) is 7.42. The van der Waals surface area contributed by atoms with Gasteiger partial charge in [0.05, 0.1) is 10.7 Å². The van der Waals surface area contributed by atoms with Crippen molar-refractivity contribution in [1.82, 2.24) is 4.98 Å². The standard InChI is InChI=1S/C16H20N2OS2/c1-16(2,3)13-10-21-15(18-13)9-19-12-6-4-11(5-7-12)8-14(17)20/h4-7,10H,8-9H2,1-3H3,(H2,17,20). The molecule has 112 valence electrons. The van der Waals surface area contributed by atoms with Gasteiger partial charge in [0.1, 0.15) is 17.4 Å². The van der Waals surface area contributed by atoms with Gasteiger partial charge >= 0.3 is 0 Å². The number of thiazole rings is 1. The lowest BCUT2D eigenvalue weighted by atomic mass is 9.93. The van der Waals surface area contributed by atoms with Gasteiger partial charge in [-0.25, -0.2) is 4.98 Å². The first kappa shape index (κ1) is 15.9. The summed E-state index contributed by atoms with van der Waals surface area (Å²) in [5, 5.41) is 3.09. The third kappa shape index (κ3) is 4.79. The van der Waals surface area contributed by atoms with Crippen molar-refractivity contribution in [1.29, 1.82) is 0 Å². The summed E-state index contributed by atoms with van der Waals surface area (Å²) in [5.41, 5.74) is 7.81. The van der Waals surface area contributed by atoms with Gasteiger partial charge in [0.2, 0.25) is 0 Å². The number of hydrogen-bond donors (Lipinski definition) is 1. The molecule has 1 aromatic carbocycles. The highest BCUT2D eigenvalue weighted by atomic mass is 32.1. The minimum absolute atomic E-state index is 0.0804. The molecule has 3 nitrogen and oxygen atoms in total. The molecule has 0 radical (unpaired) electrons. The molecule has 1 heterocycles. The van der Waals surface area contributed by atoms with Crippen LogP contribution in [0.25, 0.3) is 0 Å². The molecule has 0 aliphatic heterocycles. The highest BCUT2D eigenvalue weighted by molar-refractivity contribution is 7.80. The fraction of sp³-hybridized carbons (Fsp3) is 0.375. The largest absolute Gasteiger partial charge is 0.486 e. The zero-order valence-corrected chi connectivity index (χ0v) is 14.2. The van der Waals surface area contributed by atoms with Gasteiger partial charge in [-0.15, -0.1) is 11.3 Å². The van der Waals surface area contributed by atoms with Crippen LogP contribution in [0.1, 0.15) is 37.0 Å². The predicted molar refractivity (Wildman–Crippen MR) is 92.1 cm³/mol. The minimum atomic E-state index is 0.0804. The van der Waals surface area contributed by atoms with Crippen molar-refractivity contribution in [3.63, 3.8) is 0 Å². The number of hydrogen-bond acceptors (Lipinski definition) is 4. The fourth-order valence-corrected chi connectivity index (χ4v) is 2.87. The van der Waals surface area contributed by atoms with E-state index in [4.69, 9.17) is 22.7 Å². The lowest BCUT2D eigenvalue weighted by Gasteiger charge is -2.14. The van der Waals surface area contributed by atoms with Gasteiger partial charge in [0, 0.05) is 17.2 Å². The molecule has 0 saturated heterocycles. The second kappa shape index (κ2) is 6.54. The summed E-state index contributed by atoms with van der Waals surface area (Å²) >= 11 is 6.53. The van der Waals surface area contributed by atoms with E-state index < -0.39 is 0 Å². The van der Waals surface area contributed by atoms with Gasteiger partial charge in [0.25, 0.3) is 0 Å². The number of ether oxygens (including phenoxy) is 1. The fourth-order valence-electron chi connectivity index (χ4n) is 1.77. The Morgan fingerprint density at radius 3 is 2.48 bits per heavy atom. The first-order valence-electron chi connectivity index (χ1n) is 6.79. The molecule has 2 N–H and O–H groups in total. The molecule has 5 heteroatoms. The SMILES string of the molecule is CC(C)(C)c1csc(COc2ccc(CC(N)=S)cc2)n1. The molecule has 0 aliphatic rings. The van der Waals surface area contributed by atoms with Crippen molar-refractivity contribution in [2.75, 3.05) is 0 Å². The highest BCUT2D eigenvalue weighted by Crippen LogP contribution is 2.24. The van der Waals surface area contributed by atoms with Crippen LogP contribution in [0.5, 0.6) is 5.75 Å². The molecule has 0 saturated carbocycles. The molecule has 2 aromatic rings. The molecule has 0 aliphatic carbocycles. The number of nitrogens with zero attached hydrogens (tertiary/aromatic N) is 1. The van der Waals surface area contributed by atoms with Gasteiger partial charge in [0.15, 0.2) is 0 Å². The van der Waals surface area contributed by atoms with Gasteiger partial charge < -0.3 is 10.5 Å². The van der Waals surface area contributed by atoms with Crippen molar-refractivity contribution in [2.24, 2.45) is 5.73 Å². The summed E-state index contributed by atoms with van der Waals surface area (Å²) in [6.45, 7) is 6.98. The van der Waals surface area contributed by atoms with Crippen LogP contribution < -0.4 is 10.5 Å². The molecular formula is C16H20N2OS2. The van der Waals surface area contributed by atoms with Crippen LogP contribution in [-0.2, 0) is 18.4 Å². The van der Waals surface area contributed by atoms with E-state index in [2.05, 4.69) is 31.1 Å². The van der Waals surface area contributed by atoms with E-state index in [-0.39, 0.29) is 5.41 Å². The Morgan fingerprint density at radius 2 is 1.95 bits per heavy atom. The van der Waals surface area contributed by atoms with Crippen LogP contribution in [0.2, 0.25) is 0 Å². The second-order valence-electron chi connectivity index (χ2n) is 5.95. The average molecular weight is 320 g/mol. The molecular weight excluding hydrogens is 300 g/mol. The quantitative estimate of drug-likeness (QED) is 0.850. The first-order valence-corrected chi connectivity index (χ1v) is 8.08. The maximum absolute atomic E-state index is 5.76. The summed E-state index contributed by atoms with van der Waals surface area (Å²) in [6.07, 6.45) is 0.622. The van der Waals surface area contributed by atoms with E-state index in [0.717, 1.165) is 22.0 Å². The number of aromatic nitrogens is 1. The summed E-state index contributed by atoms with van der Waals surface area (Å²) in [7, 11) is 0. The summed E-state index contributed by atoms with van der Waals surface area (Å²) in [6, 6.07) is 7.84. The summed E-state index contributed by atoms with van der Waals surface area (Å²) < 4.78 is 5.76. The Balaban J connectivity index is 1.94. The van der Waals surface area contributed by atoms with E-state index in [1.165, 1.54) is 0 Å². The third-order valence-electron chi connectivity index (χ3n) is 2.98. The van der Waals surface area contributed by atoms with E-state index >= 15 is 0 Å². The van der Waals surface area contributed by atoms with E-state index in [9.17, 15) is 0 Å². The topological polar surface area (TPSA) is 48.1 Å². The maximum Gasteiger partial charge on any atom is 0.140 e. The Bertz CT molecular complexity index is 612. The zero-order chi connectivity index (χ0) is 15.5. The summed E-state index contributed by atoms with van der Waals surface area (Å²) in [5.74, 6) is 0.828. The van der Waals surface area contributed by atoms with E-state index in [0.29, 0.717) is 18.0 Å². The van der Waals surface area contributed by atoms with Crippen molar-refractivity contribution in [3.8, 4) is 5.75 Å². The first-order chi connectivity index (χ1) is 9.84. The van der Waals surface area contributed by atoms with Crippen LogP contribution >= 0.6 is 23.6 Å². The van der Waals surface area contributed by atoms with Crippen molar-refractivity contribution in [3.05, 3.63) is 45.9 Å². The van der Waals surface area contributed by atoms with Gasteiger partial charge in [-0.05, 0) is 17.7 Å². The average Bonchev–Trinajstić information content (AvgIpc) is 2.86. The monoisotopic (exact) mass is 320 g/mol. The number of thiocarbonyl (C=S) groups is 1. The molecule has 0 spiro atoms. The smallest absolute Gasteiger partial charge is 0.140 e. The third-order valence-corrected chi connectivity index (χ3v) is 3.95. The molecule has 2 rings (SSSR count). The molecule has 0 amide bonds. The maximum atomic E-state index is 5.76. The molecule has 1 aromatic heterocycles. The van der Waals surface area contributed by atoms with Crippen LogP contribution in [0.3, 0.4) is 0 Å². The lowest BCUT2D eigenvalue weighted by Crippen LogP contribution is -2.11. The highest BCUT2D eigenvalue weighted by Gasteiger charge is 2.17. The molecule has 21 heavy (non-hydrogen) atoms.